The van der Waals surface area contributed by atoms with Gasteiger partial charge in [0.1, 0.15) is 12.4 Å². The van der Waals surface area contributed by atoms with Crippen LogP contribution in [0.25, 0.3) is 0 Å². The normalized spacial score (nSPS) is 41.6. The van der Waals surface area contributed by atoms with Crippen molar-refractivity contribution in [2.75, 3.05) is 6.61 Å². The van der Waals surface area contributed by atoms with Crippen LogP contribution in [0.1, 0.15) is 84.5 Å². The summed E-state index contributed by atoms with van der Waals surface area (Å²) in [7, 11) is 0. The molecule has 0 aliphatic heterocycles. The Balaban J connectivity index is 1.41. The molecule has 0 unspecified atom stereocenters. The number of carboxylic acid groups (broad SMARTS) is 1. The summed E-state index contributed by atoms with van der Waals surface area (Å²) in [5, 5.41) is 10.5. The molecule has 4 aliphatic carbocycles. The third kappa shape index (κ3) is 3.95. The zero-order chi connectivity index (χ0) is 22.4. The summed E-state index contributed by atoms with van der Waals surface area (Å²) < 4.78 is 5.08. The molecule has 0 saturated heterocycles. The number of carbonyl (C=O) groups is 4. The molecule has 4 rings (SSSR count). The van der Waals surface area contributed by atoms with Crippen molar-refractivity contribution in [1.29, 1.82) is 0 Å². The molecule has 4 fully saturated rings. The lowest BCUT2D eigenvalue weighted by Gasteiger charge is -2.60. The Kier molecular flexibility index (Phi) is 6.04. The van der Waals surface area contributed by atoms with Gasteiger partial charge in [0.2, 0.25) is 0 Å². The lowest BCUT2D eigenvalue weighted by atomic mass is 9.44. The van der Waals surface area contributed by atoms with Crippen molar-refractivity contribution < 1.29 is 29.0 Å². The van der Waals surface area contributed by atoms with Gasteiger partial charge in [-0.25, -0.2) is 0 Å². The zero-order valence-electron chi connectivity index (χ0n) is 18.8. The third-order valence-electron chi connectivity index (χ3n) is 9.78. The average Bonchev–Trinajstić information content (AvgIpc) is 3.08. The standard InChI is InChI=1S/C25H36O6/c1-24-11-9-16(26)13-15(24)3-4-17-18-5-6-20(25(18,2)12-10-19(17)24)21(27)14-31-23(30)8-7-22(28)29/h15,17-20H,3-14H2,1-2H3,(H,28,29)/p-1/t15-,17+,18-,19+,20-,24+,25+/m1/s1. The van der Waals surface area contributed by atoms with Crippen molar-refractivity contribution in [1.82, 2.24) is 0 Å². The molecule has 4 saturated carbocycles. The van der Waals surface area contributed by atoms with Gasteiger partial charge in [-0.15, -0.1) is 0 Å². The van der Waals surface area contributed by atoms with E-state index < -0.39 is 11.9 Å². The highest BCUT2D eigenvalue weighted by atomic mass is 16.5. The molecule has 0 aromatic heterocycles. The van der Waals surface area contributed by atoms with Crippen molar-refractivity contribution >= 4 is 23.5 Å². The van der Waals surface area contributed by atoms with Crippen LogP contribution in [0.5, 0.6) is 0 Å². The fourth-order valence-electron chi connectivity index (χ4n) is 8.10. The summed E-state index contributed by atoms with van der Waals surface area (Å²) in [5.74, 6) is 0.686. The van der Waals surface area contributed by atoms with Gasteiger partial charge < -0.3 is 14.6 Å². The van der Waals surface area contributed by atoms with Crippen LogP contribution < -0.4 is 5.11 Å². The Morgan fingerprint density at radius 1 is 0.968 bits per heavy atom. The van der Waals surface area contributed by atoms with Crippen molar-refractivity contribution in [2.45, 2.75) is 84.5 Å². The molecule has 0 radical (unpaired) electrons. The molecule has 0 N–H and O–H groups in total. The molecular formula is C25H35O6-. The summed E-state index contributed by atoms with van der Waals surface area (Å²) in [6, 6.07) is 0. The van der Waals surface area contributed by atoms with Crippen LogP contribution in [0.15, 0.2) is 0 Å². The van der Waals surface area contributed by atoms with Crippen molar-refractivity contribution in [3.63, 3.8) is 0 Å². The second-order valence-corrected chi connectivity index (χ2v) is 11.1. The van der Waals surface area contributed by atoms with E-state index in [-0.39, 0.29) is 42.0 Å². The van der Waals surface area contributed by atoms with Gasteiger partial charge in [0, 0.05) is 24.7 Å². The highest BCUT2D eigenvalue weighted by Crippen LogP contribution is 2.67. The zero-order valence-corrected chi connectivity index (χ0v) is 18.8. The first kappa shape index (κ1) is 22.5. The number of carbonyl (C=O) groups excluding carboxylic acids is 4. The Morgan fingerprint density at radius 3 is 2.45 bits per heavy atom. The number of Topliss-reactive ketones (excluding diaryl/α,β-unsaturated/α-hetero) is 2. The second-order valence-electron chi connectivity index (χ2n) is 11.1. The monoisotopic (exact) mass is 431 g/mol. The number of ether oxygens (including phenoxy) is 1. The fraction of sp³-hybridized carbons (Fsp3) is 0.840. The topological polar surface area (TPSA) is 101 Å². The molecule has 6 heteroatoms. The van der Waals surface area contributed by atoms with Crippen LogP contribution in [0, 0.1) is 40.4 Å². The van der Waals surface area contributed by atoms with Gasteiger partial charge in [-0.3, -0.25) is 14.4 Å². The van der Waals surface area contributed by atoms with Crippen LogP contribution in [0.4, 0.5) is 0 Å². The van der Waals surface area contributed by atoms with E-state index in [9.17, 15) is 24.3 Å². The molecule has 0 aromatic carbocycles. The maximum absolute atomic E-state index is 13.0. The molecule has 31 heavy (non-hydrogen) atoms. The van der Waals surface area contributed by atoms with Crippen LogP contribution in [-0.4, -0.2) is 30.1 Å². The summed E-state index contributed by atoms with van der Waals surface area (Å²) in [4.78, 5) is 47.3. The molecular weight excluding hydrogens is 396 g/mol. The number of ketones is 2. The minimum atomic E-state index is -1.29. The number of hydrogen-bond acceptors (Lipinski definition) is 6. The maximum Gasteiger partial charge on any atom is 0.306 e. The van der Waals surface area contributed by atoms with Gasteiger partial charge in [0.05, 0.1) is 6.42 Å². The van der Waals surface area contributed by atoms with Crippen LogP contribution >= 0.6 is 0 Å². The molecule has 6 nitrogen and oxygen atoms in total. The van der Waals surface area contributed by atoms with E-state index in [0.29, 0.717) is 29.5 Å². The number of aliphatic carboxylic acids is 1. The van der Waals surface area contributed by atoms with E-state index in [2.05, 4.69) is 13.8 Å². The molecule has 7 atom stereocenters. The van der Waals surface area contributed by atoms with E-state index >= 15 is 0 Å². The van der Waals surface area contributed by atoms with E-state index in [1.807, 2.05) is 0 Å². The number of rotatable bonds is 6. The first-order valence-corrected chi connectivity index (χ1v) is 12.0. The molecule has 0 spiro atoms. The van der Waals surface area contributed by atoms with Gasteiger partial charge in [0.15, 0.2) is 5.78 Å². The molecule has 0 amide bonds. The Morgan fingerprint density at radius 2 is 1.71 bits per heavy atom. The molecule has 0 heterocycles. The summed E-state index contributed by atoms with van der Waals surface area (Å²) in [6.45, 7) is 4.43. The largest absolute Gasteiger partial charge is 0.550 e. The average molecular weight is 432 g/mol. The van der Waals surface area contributed by atoms with Crippen molar-refractivity contribution in [3.05, 3.63) is 0 Å². The summed E-state index contributed by atoms with van der Waals surface area (Å²) in [6.07, 6.45) is 8.18. The van der Waals surface area contributed by atoms with Crippen molar-refractivity contribution in [3.8, 4) is 0 Å². The van der Waals surface area contributed by atoms with E-state index in [1.54, 1.807) is 0 Å². The third-order valence-corrected chi connectivity index (χ3v) is 9.78. The number of fused-ring (bicyclic) bond motifs is 5. The van der Waals surface area contributed by atoms with Gasteiger partial charge in [-0.05, 0) is 85.9 Å². The fourth-order valence-corrected chi connectivity index (χ4v) is 8.10. The van der Waals surface area contributed by atoms with Gasteiger partial charge in [-0.2, -0.15) is 0 Å². The number of carboxylic acids is 1. The van der Waals surface area contributed by atoms with E-state index in [4.69, 9.17) is 4.74 Å². The second kappa shape index (κ2) is 8.32. The number of hydrogen-bond donors (Lipinski definition) is 0. The number of esters is 1. The van der Waals surface area contributed by atoms with Gasteiger partial charge in [-0.1, -0.05) is 13.8 Å². The SMILES string of the molecule is C[C@]12CCC(=O)C[C@H]1CC[C@H]1[C@H]3CC[C@H](C(=O)COC(=O)CCC(=O)[O-])[C@@]3(C)CC[C@@H]12. The maximum atomic E-state index is 13.0. The van der Waals surface area contributed by atoms with Crippen LogP contribution in [0.2, 0.25) is 0 Å². The van der Waals surface area contributed by atoms with Crippen LogP contribution in [-0.2, 0) is 23.9 Å². The highest BCUT2D eigenvalue weighted by Gasteiger charge is 2.61. The summed E-state index contributed by atoms with van der Waals surface area (Å²) in [5.41, 5.74) is 0.206. The minimum Gasteiger partial charge on any atom is -0.550 e. The van der Waals surface area contributed by atoms with Crippen molar-refractivity contribution in [2.24, 2.45) is 40.4 Å². The van der Waals surface area contributed by atoms with E-state index in [1.165, 1.54) is 0 Å². The minimum absolute atomic E-state index is 0.0200. The lowest BCUT2D eigenvalue weighted by Crippen LogP contribution is -2.54. The Hall–Kier alpha value is -1.72. The highest BCUT2D eigenvalue weighted by molar-refractivity contribution is 5.86. The molecule has 172 valence electrons. The van der Waals surface area contributed by atoms with Gasteiger partial charge in [0.25, 0.3) is 0 Å². The first-order chi connectivity index (χ1) is 14.6. The first-order valence-electron chi connectivity index (χ1n) is 12.0. The lowest BCUT2D eigenvalue weighted by molar-refractivity contribution is -0.305. The molecule has 4 aliphatic rings. The van der Waals surface area contributed by atoms with Gasteiger partial charge >= 0.3 is 5.97 Å². The molecule has 0 bridgehead atoms. The quantitative estimate of drug-likeness (QED) is 0.600. The smallest absolute Gasteiger partial charge is 0.306 e. The predicted molar refractivity (Wildman–Crippen MR) is 110 cm³/mol. The van der Waals surface area contributed by atoms with E-state index in [0.717, 1.165) is 57.8 Å². The molecule has 0 aromatic rings. The summed E-state index contributed by atoms with van der Waals surface area (Å²) >= 11 is 0. The predicted octanol–water partition coefficient (Wildman–Crippen LogP) is 2.86. The van der Waals surface area contributed by atoms with Crippen LogP contribution in [0.3, 0.4) is 0 Å². The Labute approximate surface area is 184 Å². The Bertz CT molecular complexity index is 774.